The van der Waals surface area contributed by atoms with E-state index in [9.17, 15) is 0 Å². The predicted octanol–water partition coefficient (Wildman–Crippen LogP) is 4.19. The molecule has 3 heteroatoms. The minimum absolute atomic E-state index is 0.0625. The second-order valence-electron chi connectivity index (χ2n) is 5.62. The molecule has 0 fully saturated rings. The highest BCUT2D eigenvalue weighted by molar-refractivity contribution is 6.08. The van der Waals surface area contributed by atoms with Crippen molar-refractivity contribution in [1.29, 1.82) is 0 Å². The lowest BCUT2D eigenvalue weighted by molar-refractivity contribution is -0.141. The van der Waals surface area contributed by atoms with Gasteiger partial charge in [-0.2, -0.15) is 0 Å². The van der Waals surface area contributed by atoms with Gasteiger partial charge in [-0.3, -0.25) is 9.59 Å². The van der Waals surface area contributed by atoms with Crippen LogP contribution in [0.15, 0.2) is 48.5 Å². The largest absolute Gasteiger partial charge is 0.398 e. The number of benzene rings is 3. The summed E-state index contributed by atoms with van der Waals surface area (Å²) in [5, 5.41) is 5.64. The van der Waals surface area contributed by atoms with E-state index in [1.165, 1.54) is 47.2 Å². The first-order chi connectivity index (χ1) is 11.3. The molecule has 116 valence electrons. The molecule has 3 aromatic carbocycles. The normalized spacial score (nSPS) is 12.9. The molecule has 0 spiro atoms. The second kappa shape index (κ2) is 7.05. The van der Waals surface area contributed by atoms with Gasteiger partial charge >= 0.3 is 12.9 Å². The molecule has 0 amide bonds. The van der Waals surface area contributed by atoms with Crippen molar-refractivity contribution in [3.63, 3.8) is 0 Å². The molecule has 0 aromatic heterocycles. The number of hydrogen-bond donors (Lipinski definition) is 0. The maximum atomic E-state index is 8.95. The molecule has 3 aromatic rings. The molecule has 0 saturated heterocycles. The molecule has 0 N–H and O–H groups in total. The molecule has 0 bridgehead atoms. The number of rotatable bonds is 2. The van der Waals surface area contributed by atoms with Gasteiger partial charge in [0.15, 0.2) is 0 Å². The van der Waals surface area contributed by atoms with Crippen LogP contribution in [0.2, 0.25) is 0 Å². The van der Waals surface area contributed by atoms with Crippen molar-refractivity contribution >= 4 is 34.5 Å². The van der Waals surface area contributed by atoms with E-state index in [0.29, 0.717) is 0 Å². The molecule has 0 unspecified atom stereocenters. The summed E-state index contributed by atoms with van der Waals surface area (Å²) in [6.45, 7) is 0.125. The topological polar surface area (TPSA) is 43.4 Å². The van der Waals surface area contributed by atoms with Crippen LogP contribution < -0.4 is 0 Å². The SMILES string of the molecule is O=COC=O.c1ccc2c(c1)ccc1c3c(ccc12)CCCC3. The highest BCUT2D eigenvalue weighted by atomic mass is 16.6. The van der Waals surface area contributed by atoms with Crippen molar-refractivity contribution in [2.75, 3.05) is 0 Å². The summed E-state index contributed by atoms with van der Waals surface area (Å²) in [4.78, 5) is 17.9. The molecule has 0 saturated carbocycles. The molecule has 3 nitrogen and oxygen atoms in total. The van der Waals surface area contributed by atoms with E-state index in [-0.39, 0.29) is 12.9 Å². The van der Waals surface area contributed by atoms with Crippen LogP contribution >= 0.6 is 0 Å². The van der Waals surface area contributed by atoms with Crippen LogP contribution in [0.5, 0.6) is 0 Å². The smallest absolute Gasteiger partial charge is 0.300 e. The van der Waals surface area contributed by atoms with E-state index in [1.807, 2.05) is 0 Å². The average molecular weight is 306 g/mol. The molecule has 1 aliphatic rings. The van der Waals surface area contributed by atoms with E-state index in [4.69, 9.17) is 9.59 Å². The average Bonchev–Trinajstić information content (AvgIpc) is 2.62. The Hall–Kier alpha value is -2.68. The van der Waals surface area contributed by atoms with Crippen LogP contribution in [0.4, 0.5) is 0 Å². The highest BCUT2D eigenvalue weighted by Crippen LogP contribution is 2.33. The summed E-state index contributed by atoms with van der Waals surface area (Å²) in [6, 6.07) is 18.0. The minimum atomic E-state index is 0.0625. The Morgan fingerprint density at radius 2 is 1.48 bits per heavy atom. The molecular formula is C20H18O3. The summed E-state index contributed by atoms with van der Waals surface area (Å²) in [6.07, 6.45) is 5.22. The number of ether oxygens (including phenoxy) is 1. The van der Waals surface area contributed by atoms with Gasteiger partial charge in [-0.05, 0) is 58.4 Å². The van der Waals surface area contributed by atoms with Crippen molar-refractivity contribution in [1.82, 2.24) is 0 Å². The number of carbonyl (C=O) groups excluding carboxylic acids is 2. The molecule has 4 rings (SSSR count). The fourth-order valence-corrected chi connectivity index (χ4v) is 3.37. The first-order valence-electron chi connectivity index (χ1n) is 7.80. The molecule has 0 radical (unpaired) electrons. The summed E-state index contributed by atoms with van der Waals surface area (Å²) in [5.74, 6) is 0. The first-order valence-corrected chi connectivity index (χ1v) is 7.80. The lowest BCUT2D eigenvalue weighted by Crippen LogP contribution is -2.02. The lowest BCUT2D eigenvalue weighted by Gasteiger charge is -2.18. The Bertz CT molecular complexity index is 846. The Balaban J connectivity index is 0.000000276. The summed E-state index contributed by atoms with van der Waals surface area (Å²) >= 11 is 0. The van der Waals surface area contributed by atoms with E-state index in [2.05, 4.69) is 53.3 Å². The van der Waals surface area contributed by atoms with Crippen LogP contribution in [0.3, 0.4) is 0 Å². The van der Waals surface area contributed by atoms with Gasteiger partial charge in [-0.1, -0.05) is 48.5 Å². The number of fused-ring (bicyclic) bond motifs is 5. The summed E-state index contributed by atoms with van der Waals surface area (Å²) < 4.78 is 3.47. The van der Waals surface area contributed by atoms with Crippen LogP contribution in [0.25, 0.3) is 21.5 Å². The van der Waals surface area contributed by atoms with E-state index in [0.717, 1.165) is 0 Å². The van der Waals surface area contributed by atoms with E-state index in [1.54, 1.807) is 11.1 Å². The van der Waals surface area contributed by atoms with Crippen molar-refractivity contribution in [2.24, 2.45) is 0 Å². The van der Waals surface area contributed by atoms with E-state index >= 15 is 0 Å². The highest BCUT2D eigenvalue weighted by Gasteiger charge is 2.13. The summed E-state index contributed by atoms with van der Waals surface area (Å²) in [5.41, 5.74) is 3.17. The third-order valence-corrected chi connectivity index (χ3v) is 4.37. The fraction of sp³-hybridized carbons (Fsp3) is 0.200. The fourth-order valence-electron chi connectivity index (χ4n) is 3.37. The molecule has 1 aliphatic carbocycles. The maximum Gasteiger partial charge on any atom is 0.300 e. The van der Waals surface area contributed by atoms with Gasteiger partial charge in [0, 0.05) is 0 Å². The minimum Gasteiger partial charge on any atom is -0.398 e. The Morgan fingerprint density at radius 3 is 2.26 bits per heavy atom. The Morgan fingerprint density at radius 1 is 0.739 bits per heavy atom. The lowest BCUT2D eigenvalue weighted by atomic mass is 9.86. The standard InChI is InChI=1S/C18H16.C2H2O3/c1-3-7-15-13(5-1)9-11-18-16-8-4-2-6-14(16)10-12-17(15)18;3-1-5-2-4/h1,3,5,7,9-12H,2,4,6,8H2;1-2H. The van der Waals surface area contributed by atoms with Gasteiger partial charge in [0.05, 0.1) is 0 Å². The van der Waals surface area contributed by atoms with Gasteiger partial charge in [0.2, 0.25) is 0 Å². The zero-order chi connectivity index (χ0) is 16.1. The van der Waals surface area contributed by atoms with Crippen LogP contribution in [-0.4, -0.2) is 12.9 Å². The molecule has 23 heavy (non-hydrogen) atoms. The van der Waals surface area contributed by atoms with Crippen LogP contribution in [0.1, 0.15) is 24.0 Å². The van der Waals surface area contributed by atoms with Gasteiger partial charge in [-0.25, -0.2) is 0 Å². The third-order valence-electron chi connectivity index (χ3n) is 4.37. The first kappa shape index (κ1) is 15.2. The number of aryl methyl sites for hydroxylation is 2. The second-order valence-corrected chi connectivity index (χ2v) is 5.62. The van der Waals surface area contributed by atoms with Crippen molar-refractivity contribution in [3.05, 3.63) is 59.7 Å². The van der Waals surface area contributed by atoms with Gasteiger partial charge in [0.1, 0.15) is 0 Å². The van der Waals surface area contributed by atoms with Gasteiger partial charge in [-0.15, -0.1) is 0 Å². The molecular weight excluding hydrogens is 288 g/mol. The van der Waals surface area contributed by atoms with E-state index < -0.39 is 0 Å². The number of hydrogen-bond acceptors (Lipinski definition) is 3. The predicted molar refractivity (Wildman–Crippen MR) is 91.3 cm³/mol. The van der Waals surface area contributed by atoms with Gasteiger partial charge in [0.25, 0.3) is 0 Å². The maximum absolute atomic E-state index is 8.95. The van der Waals surface area contributed by atoms with Crippen molar-refractivity contribution in [2.45, 2.75) is 25.7 Å². The van der Waals surface area contributed by atoms with Crippen molar-refractivity contribution < 1.29 is 14.3 Å². The van der Waals surface area contributed by atoms with Crippen LogP contribution in [-0.2, 0) is 27.2 Å². The third kappa shape index (κ3) is 3.09. The zero-order valence-electron chi connectivity index (χ0n) is 12.8. The quantitative estimate of drug-likeness (QED) is 0.405. The summed E-state index contributed by atoms with van der Waals surface area (Å²) in [7, 11) is 0. The molecule has 0 heterocycles. The Kier molecular flexibility index (Phi) is 4.67. The zero-order valence-corrected chi connectivity index (χ0v) is 12.8. The molecule has 0 aliphatic heterocycles. The van der Waals surface area contributed by atoms with Gasteiger partial charge < -0.3 is 4.74 Å². The Labute approximate surface area is 134 Å². The monoisotopic (exact) mass is 306 g/mol. The van der Waals surface area contributed by atoms with Crippen molar-refractivity contribution in [3.8, 4) is 0 Å². The van der Waals surface area contributed by atoms with Crippen LogP contribution in [0, 0.1) is 0 Å². The number of carbonyl (C=O) groups is 2. The molecule has 0 atom stereocenters.